The fourth-order valence-electron chi connectivity index (χ4n) is 3.42. The first-order valence-corrected chi connectivity index (χ1v) is 9.63. The molecular weight excluding hydrogens is 376 g/mol. The zero-order chi connectivity index (χ0) is 19.5. The molecule has 4 rings (SSSR count). The van der Waals surface area contributed by atoms with Gasteiger partial charge in [0.15, 0.2) is 0 Å². The molecule has 2 unspecified atom stereocenters. The summed E-state index contributed by atoms with van der Waals surface area (Å²) >= 11 is 6.39. The molecule has 1 N–H and O–H groups in total. The van der Waals surface area contributed by atoms with Gasteiger partial charge in [-0.2, -0.15) is 4.80 Å². The van der Waals surface area contributed by atoms with Gasteiger partial charge in [0.2, 0.25) is 11.7 Å². The Morgan fingerprint density at radius 2 is 1.93 bits per heavy atom. The number of halogens is 1. The van der Waals surface area contributed by atoms with Crippen LogP contribution < -0.4 is 5.32 Å². The highest BCUT2D eigenvalue weighted by Crippen LogP contribution is 2.30. The molecule has 0 spiro atoms. The van der Waals surface area contributed by atoms with Gasteiger partial charge in [-0.1, -0.05) is 60.1 Å². The molecule has 0 saturated carbocycles. The zero-order valence-corrected chi connectivity index (χ0v) is 16.3. The van der Waals surface area contributed by atoms with Gasteiger partial charge in [0.05, 0.1) is 6.04 Å². The summed E-state index contributed by atoms with van der Waals surface area (Å²) in [5, 5.41) is 16.6. The zero-order valence-electron chi connectivity index (χ0n) is 15.5. The van der Waals surface area contributed by atoms with Crippen molar-refractivity contribution in [1.29, 1.82) is 0 Å². The molecule has 2 heterocycles. The summed E-state index contributed by atoms with van der Waals surface area (Å²) in [6, 6.07) is 16.5. The van der Waals surface area contributed by atoms with E-state index in [1.165, 1.54) is 4.80 Å². The van der Waals surface area contributed by atoms with Crippen molar-refractivity contribution >= 4 is 17.5 Å². The summed E-state index contributed by atoms with van der Waals surface area (Å²) in [5.74, 6) is 0.451. The minimum Gasteiger partial charge on any atom is -0.331 e. The lowest BCUT2D eigenvalue weighted by Gasteiger charge is -2.38. The van der Waals surface area contributed by atoms with Gasteiger partial charge in [-0.15, -0.1) is 10.2 Å². The van der Waals surface area contributed by atoms with E-state index in [4.69, 9.17) is 11.6 Å². The number of tetrazole rings is 1. The molecule has 1 amide bonds. The van der Waals surface area contributed by atoms with E-state index in [9.17, 15) is 4.79 Å². The van der Waals surface area contributed by atoms with Crippen molar-refractivity contribution in [2.45, 2.75) is 19.0 Å². The number of rotatable bonds is 4. The third kappa shape index (κ3) is 3.63. The number of piperazine rings is 1. The molecule has 2 aromatic carbocycles. The third-order valence-corrected chi connectivity index (χ3v) is 5.30. The van der Waals surface area contributed by atoms with Crippen LogP contribution in [-0.4, -0.2) is 50.6 Å². The van der Waals surface area contributed by atoms with Gasteiger partial charge in [-0.3, -0.25) is 4.79 Å². The molecule has 1 aliphatic heterocycles. The molecule has 1 fully saturated rings. The van der Waals surface area contributed by atoms with Crippen LogP contribution in [0.1, 0.15) is 24.6 Å². The summed E-state index contributed by atoms with van der Waals surface area (Å²) in [7, 11) is 0. The predicted octanol–water partition coefficient (Wildman–Crippen LogP) is 2.73. The first-order valence-electron chi connectivity index (χ1n) is 9.25. The second-order valence-corrected chi connectivity index (χ2v) is 7.16. The average molecular weight is 397 g/mol. The number of carbonyl (C=O) groups excluding carboxylic acids is 1. The number of hydrogen-bond donors (Lipinski definition) is 1. The van der Waals surface area contributed by atoms with Crippen molar-refractivity contribution in [3.05, 3.63) is 65.2 Å². The van der Waals surface area contributed by atoms with Gasteiger partial charge >= 0.3 is 0 Å². The first-order chi connectivity index (χ1) is 13.6. The number of nitrogens with one attached hydrogen (secondary N) is 1. The molecule has 0 bridgehead atoms. The van der Waals surface area contributed by atoms with E-state index in [1.807, 2.05) is 59.5 Å². The standard InChI is InChI=1S/C20H21ClN6O/c1-14(27-24-19(23-25-27)15-7-3-2-4-8-15)20(28)26-12-11-22-13-18(26)16-9-5-6-10-17(16)21/h2-10,14,18,22H,11-13H2,1H3. The van der Waals surface area contributed by atoms with Crippen molar-refractivity contribution in [3.8, 4) is 11.4 Å². The normalized spacial score (nSPS) is 18.1. The van der Waals surface area contributed by atoms with E-state index in [-0.39, 0.29) is 11.9 Å². The highest BCUT2D eigenvalue weighted by Gasteiger charge is 2.33. The number of nitrogens with zero attached hydrogens (tertiary/aromatic N) is 5. The summed E-state index contributed by atoms with van der Waals surface area (Å²) in [6.45, 7) is 3.78. The van der Waals surface area contributed by atoms with Crippen LogP contribution in [0.15, 0.2) is 54.6 Å². The minimum atomic E-state index is -0.562. The van der Waals surface area contributed by atoms with E-state index in [0.717, 1.165) is 17.7 Å². The summed E-state index contributed by atoms with van der Waals surface area (Å²) in [5.41, 5.74) is 1.80. The average Bonchev–Trinajstić information content (AvgIpc) is 3.24. The Morgan fingerprint density at radius 3 is 2.71 bits per heavy atom. The SMILES string of the molecule is CC(C(=O)N1CCNCC1c1ccccc1Cl)n1nnc(-c2ccccc2)n1. The molecular formula is C20H21ClN6O. The Morgan fingerprint density at radius 1 is 1.18 bits per heavy atom. The molecule has 1 aliphatic rings. The summed E-state index contributed by atoms with van der Waals surface area (Å²) < 4.78 is 0. The minimum absolute atomic E-state index is 0.0524. The van der Waals surface area contributed by atoms with Crippen LogP contribution in [-0.2, 0) is 4.79 Å². The highest BCUT2D eigenvalue weighted by atomic mass is 35.5. The lowest BCUT2D eigenvalue weighted by Crippen LogP contribution is -2.50. The lowest BCUT2D eigenvalue weighted by atomic mass is 10.0. The van der Waals surface area contributed by atoms with Crippen molar-refractivity contribution in [2.75, 3.05) is 19.6 Å². The van der Waals surface area contributed by atoms with Crippen LogP contribution in [0.25, 0.3) is 11.4 Å². The molecule has 8 heteroatoms. The van der Waals surface area contributed by atoms with Crippen molar-refractivity contribution in [2.24, 2.45) is 0 Å². The number of benzene rings is 2. The second kappa shape index (κ2) is 8.08. The quantitative estimate of drug-likeness (QED) is 0.733. The Bertz CT molecular complexity index is 960. The molecule has 0 aliphatic carbocycles. The van der Waals surface area contributed by atoms with E-state index in [1.54, 1.807) is 6.92 Å². The maximum Gasteiger partial charge on any atom is 0.249 e. The van der Waals surface area contributed by atoms with Crippen LogP contribution in [0.2, 0.25) is 5.02 Å². The Hall–Kier alpha value is -2.77. The monoisotopic (exact) mass is 396 g/mol. The van der Waals surface area contributed by atoms with Crippen LogP contribution in [0.3, 0.4) is 0 Å². The van der Waals surface area contributed by atoms with E-state index < -0.39 is 6.04 Å². The first kappa shape index (κ1) is 18.6. The van der Waals surface area contributed by atoms with Gasteiger partial charge in [0.25, 0.3) is 0 Å². The Balaban J connectivity index is 1.57. The van der Waals surface area contributed by atoms with Crippen LogP contribution in [0.4, 0.5) is 0 Å². The molecule has 1 saturated heterocycles. The Labute approximate surface area is 168 Å². The summed E-state index contributed by atoms with van der Waals surface area (Å²) in [4.78, 5) is 16.5. The molecule has 7 nitrogen and oxygen atoms in total. The topological polar surface area (TPSA) is 75.9 Å². The molecule has 28 heavy (non-hydrogen) atoms. The van der Waals surface area contributed by atoms with Gasteiger partial charge in [-0.05, 0) is 23.8 Å². The van der Waals surface area contributed by atoms with Crippen LogP contribution in [0, 0.1) is 0 Å². The predicted molar refractivity (Wildman–Crippen MR) is 107 cm³/mol. The largest absolute Gasteiger partial charge is 0.331 e. The van der Waals surface area contributed by atoms with E-state index in [0.29, 0.717) is 23.9 Å². The van der Waals surface area contributed by atoms with Crippen LogP contribution >= 0.6 is 11.6 Å². The fourth-order valence-corrected chi connectivity index (χ4v) is 3.68. The number of amides is 1. The molecule has 2 atom stereocenters. The van der Waals surface area contributed by atoms with E-state index in [2.05, 4.69) is 20.7 Å². The van der Waals surface area contributed by atoms with Crippen LogP contribution in [0.5, 0.6) is 0 Å². The lowest BCUT2D eigenvalue weighted by molar-refractivity contribution is -0.138. The fraction of sp³-hybridized carbons (Fsp3) is 0.300. The number of hydrogen-bond acceptors (Lipinski definition) is 5. The third-order valence-electron chi connectivity index (χ3n) is 4.95. The maximum atomic E-state index is 13.3. The molecule has 3 aromatic rings. The van der Waals surface area contributed by atoms with Crippen molar-refractivity contribution < 1.29 is 4.79 Å². The van der Waals surface area contributed by atoms with E-state index >= 15 is 0 Å². The van der Waals surface area contributed by atoms with Crippen molar-refractivity contribution in [1.82, 2.24) is 30.4 Å². The van der Waals surface area contributed by atoms with Gasteiger partial charge < -0.3 is 10.2 Å². The highest BCUT2D eigenvalue weighted by molar-refractivity contribution is 6.31. The maximum absolute atomic E-state index is 13.3. The van der Waals surface area contributed by atoms with Crippen molar-refractivity contribution in [3.63, 3.8) is 0 Å². The van der Waals surface area contributed by atoms with Gasteiger partial charge in [0, 0.05) is 30.2 Å². The molecule has 144 valence electrons. The van der Waals surface area contributed by atoms with Gasteiger partial charge in [-0.25, -0.2) is 0 Å². The number of carbonyl (C=O) groups is 1. The molecule has 0 radical (unpaired) electrons. The Kier molecular flexibility index (Phi) is 5.36. The number of aromatic nitrogens is 4. The molecule has 1 aromatic heterocycles. The van der Waals surface area contributed by atoms with Gasteiger partial charge in [0.1, 0.15) is 6.04 Å². The second-order valence-electron chi connectivity index (χ2n) is 6.75. The summed E-state index contributed by atoms with van der Waals surface area (Å²) in [6.07, 6.45) is 0. The smallest absolute Gasteiger partial charge is 0.249 e.